The van der Waals surface area contributed by atoms with Crippen LogP contribution in [-0.2, 0) is 29.7 Å². The van der Waals surface area contributed by atoms with Crippen LogP contribution in [-0.4, -0.2) is 20.4 Å². The average molecular weight is 842 g/mol. The second kappa shape index (κ2) is 10.4. The number of hydrogen-bond acceptors (Lipinski definition) is 5. The number of nitrogens with zero attached hydrogens (tertiary/aromatic N) is 4. The standard InChI is InChI=1S/C45H34N4O.Pt/c1-3-18-37-35(16-1)36-17-2-4-19-38(36)45(37)32-13-10-15-34(27-32)50-33-14-9-12-31(26-33)28-46-29-47(40-21-6-5-20-39(40)46)41-24-11-25-42(41)48-30-49(45)44-23-8-7-22-43(44)48;/h1-10,12-23,26-27,41-42H,11,24-25,28H2;. The molecule has 0 amide bonds. The first-order valence-corrected chi connectivity index (χ1v) is 20.3. The first kappa shape index (κ1) is 28.4. The van der Waals surface area contributed by atoms with Gasteiger partial charge in [-0.3, -0.25) is 0 Å². The van der Waals surface area contributed by atoms with Gasteiger partial charge in [0.2, 0.25) is 0 Å². The summed E-state index contributed by atoms with van der Waals surface area (Å²) in [6.07, 6.45) is 3.59. The summed E-state index contributed by atoms with van der Waals surface area (Å²) < 4.78 is 9.74. The Balaban J connectivity index is 1.27. The van der Waals surface area contributed by atoms with E-state index in [0.717, 1.165) is 18.0 Å². The maximum absolute atomic E-state index is 6.80. The molecule has 1 saturated carbocycles. The number of ether oxygens (including phenoxy) is 1. The van der Waals surface area contributed by atoms with Gasteiger partial charge < -0.3 is 0 Å². The van der Waals surface area contributed by atoms with Crippen molar-refractivity contribution in [2.45, 2.75) is 43.4 Å². The molecule has 6 aliphatic rings. The fourth-order valence-electron chi connectivity index (χ4n) is 9.87. The topological polar surface area (TPSA) is 22.2 Å². The van der Waals surface area contributed by atoms with Gasteiger partial charge in [0.1, 0.15) is 0 Å². The summed E-state index contributed by atoms with van der Waals surface area (Å²) in [5, 5.41) is 0. The van der Waals surface area contributed by atoms with E-state index in [1.165, 1.54) is 83.7 Å². The Bertz CT molecular complexity index is 2490. The molecule has 2 atom stereocenters. The second-order valence-corrected chi connectivity index (χ2v) is 16.9. The van der Waals surface area contributed by atoms with Crippen molar-refractivity contribution in [1.82, 2.24) is 0 Å². The summed E-state index contributed by atoms with van der Waals surface area (Å²) >= 11 is -0.728. The summed E-state index contributed by atoms with van der Waals surface area (Å²) in [5.74, 6) is 1.72. The molecule has 1 spiro atoms. The molecule has 6 aromatic carbocycles. The van der Waals surface area contributed by atoms with Gasteiger partial charge in [-0.25, -0.2) is 0 Å². The average Bonchev–Trinajstić information content (AvgIpc) is 3.90. The minimum absolute atomic E-state index is 0.370. The fraction of sp³-hybridized carbons (Fsp3) is 0.156. The van der Waals surface area contributed by atoms with E-state index in [9.17, 15) is 0 Å². The van der Waals surface area contributed by atoms with Gasteiger partial charge in [0.05, 0.1) is 0 Å². The number of benzene rings is 6. The molecule has 51 heavy (non-hydrogen) atoms. The van der Waals surface area contributed by atoms with Crippen LogP contribution in [0.3, 0.4) is 0 Å². The van der Waals surface area contributed by atoms with Gasteiger partial charge >= 0.3 is 307 Å². The quantitative estimate of drug-likeness (QED) is 0.152. The molecule has 12 rings (SSSR count). The molecule has 4 aliphatic heterocycles. The molecule has 250 valence electrons. The molecule has 0 N–H and O–H groups in total. The van der Waals surface area contributed by atoms with Crippen molar-refractivity contribution >= 4 is 31.0 Å². The van der Waals surface area contributed by atoms with E-state index in [4.69, 9.17) is 4.74 Å². The molecule has 4 heterocycles. The van der Waals surface area contributed by atoms with Crippen LogP contribution in [0.25, 0.3) is 11.1 Å². The SMILES string of the molecule is c1cc2cc(c1)Oc1cccc(c1)C1(c3ccccc3-c3ccccc31)N1[C]3=[Pt]=[C]4N(C2)c2ccccc2N4C2CCCC2N3c2ccccc21. The number of fused-ring (bicyclic) bond motifs is 20. The molecule has 1 fully saturated rings. The van der Waals surface area contributed by atoms with E-state index in [2.05, 4.69) is 165 Å². The van der Waals surface area contributed by atoms with Crippen LogP contribution >= 0.6 is 0 Å². The fourth-order valence-corrected chi connectivity index (χ4v) is 13.8. The number of rotatable bonds is 0. The Morgan fingerprint density at radius 1 is 0.549 bits per heavy atom. The molecule has 0 saturated heterocycles. The molecular formula is C45H34N4OPt. The third kappa shape index (κ3) is 3.70. The molecule has 5 nitrogen and oxygen atoms in total. The van der Waals surface area contributed by atoms with Crippen molar-refractivity contribution in [3.8, 4) is 22.6 Å². The Labute approximate surface area is 305 Å². The van der Waals surface area contributed by atoms with Crippen LogP contribution in [0, 0.1) is 0 Å². The summed E-state index contributed by atoms with van der Waals surface area (Å²) in [6, 6.07) is 55.1. The number of para-hydroxylation sites is 4. The van der Waals surface area contributed by atoms with Gasteiger partial charge in [0.15, 0.2) is 0 Å². The van der Waals surface area contributed by atoms with Crippen LogP contribution in [0.2, 0.25) is 0 Å². The summed E-state index contributed by atoms with van der Waals surface area (Å²) in [7, 11) is 0. The van der Waals surface area contributed by atoms with Crippen molar-refractivity contribution in [3.05, 3.63) is 168 Å². The molecule has 0 radical (unpaired) electrons. The minimum atomic E-state index is -0.728. The van der Waals surface area contributed by atoms with Crippen LogP contribution in [0.1, 0.15) is 41.5 Å². The molecule has 6 heteroatoms. The Morgan fingerprint density at radius 2 is 1.14 bits per heavy atom. The van der Waals surface area contributed by atoms with Crippen LogP contribution in [0.5, 0.6) is 11.5 Å². The Morgan fingerprint density at radius 3 is 1.88 bits per heavy atom. The zero-order chi connectivity index (χ0) is 33.3. The van der Waals surface area contributed by atoms with E-state index in [-0.39, 0.29) is 0 Å². The van der Waals surface area contributed by atoms with Crippen molar-refractivity contribution in [3.63, 3.8) is 0 Å². The molecule has 6 bridgehead atoms. The Hall–Kier alpha value is -5.25. The predicted molar refractivity (Wildman–Crippen MR) is 203 cm³/mol. The summed E-state index contributed by atoms with van der Waals surface area (Å²) in [4.78, 5) is 11.1. The van der Waals surface area contributed by atoms with Gasteiger partial charge in [-0.15, -0.1) is 0 Å². The Kier molecular flexibility index (Phi) is 5.80. The van der Waals surface area contributed by atoms with Crippen LogP contribution in [0.15, 0.2) is 146 Å². The number of anilines is 4. The van der Waals surface area contributed by atoms with Crippen molar-refractivity contribution in [2.75, 3.05) is 19.6 Å². The third-order valence-electron chi connectivity index (χ3n) is 11.8. The first-order valence-electron chi connectivity index (χ1n) is 18.0. The third-order valence-corrected chi connectivity index (χ3v) is 15.0. The van der Waals surface area contributed by atoms with E-state index >= 15 is 0 Å². The van der Waals surface area contributed by atoms with E-state index in [0.29, 0.717) is 12.1 Å². The van der Waals surface area contributed by atoms with E-state index in [1.807, 2.05) is 0 Å². The second-order valence-electron chi connectivity index (χ2n) is 14.3. The number of hydrogen-bond donors (Lipinski definition) is 0. The maximum atomic E-state index is 6.80. The predicted octanol–water partition coefficient (Wildman–Crippen LogP) is 9.11. The molecule has 2 aliphatic carbocycles. The van der Waals surface area contributed by atoms with Gasteiger partial charge in [0, 0.05) is 0 Å². The van der Waals surface area contributed by atoms with Crippen molar-refractivity contribution < 1.29 is 22.4 Å². The van der Waals surface area contributed by atoms with Gasteiger partial charge in [-0.1, -0.05) is 0 Å². The van der Waals surface area contributed by atoms with Crippen molar-refractivity contribution in [1.29, 1.82) is 0 Å². The van der Waals surface area contributed by atoms with Gasteiger partial charge in [0.25, 0.3) is 0 Å². The van der Waals surface area contributed by atoms with Crippen molar-refractivity contribution in [2.24, 2.45) is 0 Å². The van der Waals surface area contributed by atoms with Gasteiger partial charge in [-0.05, 0) is 0 Å². The van der Waals surface area contributed by atoms with E-state index in [1.54, 1.807) is 0 Å². The first-order chi connectivity index (χ1) is 25.3. The zero-order valence-corrected chi connectivity index (χ0v) is 30.1. The molecule has 6 aromatic rings. The van der Waals surface area contributed by atoms with Gasteiger partial charge in [-0.2, -0.15) is 0 Å². The monoisotopic (exact) mass is 841 g/mol. The van der Waals surface area contributed by atoms with Crippen LogP contribution < -0.4 is 24.3 Å². The normalized spacial score (nSPS) is 21.2. The summed E-state index contributed by atoms with van der Waals surface area (Å²) in [6.45, 7) is 0.800. The van der Waals surface area contributed by atoms with Crippen LogP contribution in [0.4, 0.5) is 22.7 Å². The molecule has 0 aromatic heterocycles. The molecular weight excluding hydrogens is 808 g/mol. The van der Waals surface area contributed by atoms with E-state index < -0.39 is 23.2 Å². The molecule has 2 unspecified atom stereocenters. The zero-order valence-electron chi connectivity index (χ0n) is 27.9. The summed E-state index contributed by atoms with van der Waals surface area (Å²) in [5.41, 5.74) is 12.4.